The number of benzene rings is 1. The van der Waals surface area contributed by atoms with Gasteiger partial charge in [0.15, 0.2) is 0 Å². The van der Waals surface area contributed by atoms with E-state index in [1.54, 1.807) is 0 Å². The zero-order chi connectivity index (χ0) is 17.8. The molecule has 0 amide bonds. The van der Waals surface area contributed by atoms with E-state index in [1.807, 2.05) is 50.2 Å². The Bertz CT molecular complexity index is 769. The highest BCUT2D eigenvalue weighted by molar-refractivity contribution is 5.49. The number of hydrogen-bond acceptors (Lipinski definition) is 4. The van der Waals surface area contributed by atoms with Gasteiger partial charge in [0.05, 0.1) is 17.4 Å². The molecule has 0 aliphatic heterocycles. The second-order valence-electron chi connectivity index (χ2n) is 6.38. The van der Waals surface area contributed by atoms with Gasteiger partial charge in [-0.05, 0) is 24.6 Å². The van der Waals surface area contributed by atoms with E-state index < -0.39 is 0 Å². The molecule has 1 N–H and O–H groups in total. The van der Waals surface area contributed by atoms with Crippen molar-refractivity contribution in [1.29, 1.82) is 0 Å². The van der Waals surface area contributed by atoms with Crippen LogP contribution in [0.4, 0.5) is 5.82 Å². The predicted molar refractivity (Wildman–Crippen MR) is 102 cm³/mol. The van der Waals surface area contributed by atoms with E-state index in [-0.39, 0.29) is 6.04 Å². The summed E-state index contributed by atoms with van der Waals surface area (Å²) in [6.07, 6.45) is 1.84. The minimum atomic E-state index is 0.0389. The molecule has 0 aliphatic rings. The number of nitrogens with zero attached hydrogens (tertiary/aromatic N) is 4. The van der Waals surface area contributed by atoms with Crippen LogP contribution in [0.25, 0.3) is 0 Å². The zero-order valence-electron chi connectivity index (χ0n) is 15.3. The second-order valence-corrected chi connectivity index (χ2v) is 6.38. The number of aromatic nitrogens is 3. The predicted octanol–water partition coefficient (Wildman–Crippen LogP) is 3.07. The van der Waals surface area contributed by atoms with Crippen LogP contribution in [0, 0.1) is 6.92 Å². The summed E-state index contributed by atoms with van der Waals surface area (Å²) in [5, 5.41) is 8.25. The van der Waals surface area contributed by atoms with Gasteiger partial charge in [0.2, 0.25) is 0 Å². The molecule has 5 heteroatoms. The summed E-state index contributed by atoms with van der Waals surface area (Å²) in [6.45, 7) is 2.78. The van der Waals surface area contributed by atoms with Gasteiger partial charge in [0.1, 0.15) is 5.82 Å². The van der Waals surface area contributed by atoms with Crippen molar-refractivity contribution in [2.45, 2.75) is 19.5 Å². The molecule has 2 aromatic heterocycles. The van der Waals surface area contributed by atoms with E-state index in [1.165, 1.54) is 11.1 Å². The molecule has 1 unspecified atom stereocenters. The van der Waals surface area contributed by atoms with Crippen LogP contribution < -0.4 is 10.2 Å². The molecule has 1 atom stereocenters. The fourth-order valence-electron chi connectivity index (χ4n) is 3.25. The lowest BCUT2D eigenvalue weighted by atomic mass is 10.0. The summed E-state index contributed by atoms with van der Waals surface area (Å²) in [5.74, 6) is 1.12. The SMILES string of the molecule is Cc1nn(C)c(N(C)C)c1CNC(c1ccccc1)c1ccccn1. The Labute approximate surface area is 149 Å². The normalized spacial score (nSPS) is 12.2. The van der Waals surface area contributed by atoms with E-state index in [0.29, 0.717) is 0 Å². The molecular weight excluding hydrogens is 310 g/mol. The van der Waals surface area contributed by atoms with Gasteiger partial charge in [-0.2, -0.15) is 5.10 Å². The molecule has 0 saturated carbocycles. The minimum absolute atomic E-state index is 0.0389. The van der Waals surface area contributed by atoms with Crippen LogP contribution in [-0.4, -0.2) is 28.9 Å². The molecule has 130 valence electrons. The number of aryl methyl sites for hydroxylation is 2. The van der Waals surface area contributed by atoms with Crippen molar-refractivity contribution in [2.24, 2.45) is 7.05 Å². The smallest absolute Gasteiger partial charge is 0.130 e. The number of hydrogen-bond donors (Lipinski definition) is 1. The fourth-order valence-corrected chi connectivity index (χ4v) is 3.25. The largest absolute Gasteiger partial charge is 0.363 e. The van der Waals surface area contributed by atoms with Crippen molar-refractivity contribution in [3.8, 4) is 0 Å². The molecule has 0 bridgehead atoms. The van der Waals surface area contributed by atoms with Gasteiger partial charge >= 0.3 is 0 Å². The quantitative estimate of drug-likeness (QED) is 0.752. The molecule has 3 rings (SSSR count). The van der Waals surface area contributed by atoms with Gasteiger partial charge < -0.3 is 10.2 Å². The van der Waals surface area contributed by atoms with E-state index in [2.05, 4.69) is 57.6 Å². The van der Waals surface area contributed by atoms with Crippen LogP contribution in [0.3, 0.4) is 0 Å². The van der Waals surface area contributed by atoms with Gasteiger partial charge in [0, 0.05) is 39.4 Å². The highest BCUT2D eigenvalue weighted by atomic mass is 15.4. The summed E-state index contributed by atoms with van der Waals surface area (Å²) in [6, 6.07) is 16.5. The molecule has 0 spiro atoms. The Hall–Kier alpha value is -2.66. The maximum atomic E-state index is 4.58. The highest BCUT2D eigenvalue weighted by Gasteiger charge is 2.19. The van der Waals surface area contributed by atoms with Crippen molar-refractivity contribution in [2.75, 3.05) is 19.0 Å². The summed E-state index contributed by atoms with van der Waals surface area (Å²) >= 11 is 0. The molecule has 2 heterocycles. The van der Waals surface area contributed by atoms with Crippen LogP contribution in [0.2, 0.25) is 0 Å². The van der Waals surface area contributed by atoms with Crippen LogP contribution in [0.1, 0.15) is 28.6 Å². The van der Waals surface area contributed by atoms with Crippen molar-refractivity contribution < 1.29 is 0 Å². The van der Waals surface area contributed by atoms with E-state index in [9.17, 15) is 0 Å². The molecule has 3 aromatic rings. The minimum Gasteiger partial charge on any atom is -0.363 e. The van der Waals surface area contributed by atoms with Crippen LogP contribution >= 0.6 is 0 Å². The van der Waals surface area contributed by atoms with E-state index >= 15 is 0 Å². The average Bonchev–Trinajstić information content (AvgIpc) is 2.90. The lowest BCUT2D eigenvalue weighted by molar-refractivity contribution is 0.590. The molecule has 0 radical (unpaired) electrons. The maximum Gasteiger partial charge on any atom is 0.130 e. The maximum absolute atomic E-state index is 4.58. The summed E-state index contributed by atoms with van der Waals surface area (Å²) < 4.78 is 1.94. The Morgan fingerprint density at radius 3 is 2.44 bits per heavy atom. The number of nitrogens with one attached hydrogen (secondary N) is 1. The third-order valence-corrected chi connectivity index (χ3v) is 4.34. The van der Waals surface area contributed by atoms with Crippen molar-refractivity contribution in [3.63, 3.8) is 0 Å². The van der Waals surface area contributed by atoms with E-state index in [4.69, 9.17) is 0 Å². The third kappa shape index (κ3) is 3.72. The van der Waals surface area contributed by atoms with Gasteiger partial charge in [-0.25, -0.2) is 0 Å². The van der Waals surface area contributed by atoms with Crippen molar-refractivity contribution >= 4 is 5.82 Å². The van der Waals surface area contributed by atoms with Gasteiger partial charge in [-0.3, -0.25) is 9.67 Å². The van der Waals surface area contributed by atoms with Crippen molar-refractivity contribution in [3.05, 3.63) is 77.2 Å². The summed E-state index contributed by atoms with van der Waals surface area (Å²) in [7, 11) is 6.08. The first-order valence-corrected chi connectivity index (χ1v) is 8.47. The van der Waals surface area contributed by atoms with Gasteiger partial charge in [0.25, 0.3) is 0 Å². The molecule has 0 aliphatic carbocycles. The highest BCUT2D eigenvalue weighted by Crippen LogP contribution is 2.25. The third-order valence-electron chi connectivity index (χ3n) is 4.34. The lowest BCUT2D eigenvalue weighted by Gasteiger charge is -2.21. The van der Waals surface area contributed by atoms with Gasteiger partial charge in [-0.1, -0.05) is 36.4 Å². The number of rotatable bonds is 6. The number of pyridine rings is 1. The Kier molecular flexibility index (Phi) is 5.14. The van der Waals surface area contributed by atoms with Crippen molar-refractivity contribution in [1.82, 2.24) is 20.1 Å². The zero-order valence-corrected chi connectivity index (χ0v) is 15.3. The van der Waals surface area contributed by atoms with E-state index in [0.717, 1.165) is 23.8 Å². The Balaban J connectivity index is 1.90. The summed E-state index contributed by atoms with van der Waals surface area (Å²) in [4.78, 5) is 6.67. The first kappa shape index (κ1) is 17.2. The standard InChI is InChI=1S/C20H25N5/c1-15-17(20(24(2)3)25(4)23-15)14-22-19(16-10-6-5-7-11-16)18-12-8-9-13-21-18/h5-13,19,22H,14H2,1-4H3. The molecule has 5 nitrogen and oxygen atoms in total. The molecule has 25 heavy (non-hydrogen) atoms. The van der Waals surface area contributed by atoms with Crippen LogP contribution in [0.15, 0.2) is 54.7 Å². The molecule has 0 saturated heterocycles. The Morgan fingerprint density at radius 1 is 1.08 bits per heavy atom. The van der Waals surface area contributed by atoms with Crippen LogP contribution in [-0.2, 0) is 13.6 Å². The first-order valence-electron chi connectivity index (χ1n) is 8.47. The van der Waals surface area contributed by atoms with Gasteiger partial charge in [-0.15, -0.1) is 0 Å². The second kappa shape index (κ2) is 7.49. The molecule has 1 aromatic carbocycles. The van der Waals surface area contributed by atoms with Crippen LogP contribution in [0.5, 0.6) is 0 Å². The molecule has 0 fully saturated rings. The first-order chi connectivity index (χ1) is 12.1. The fraction of sp³-hybridized carbons (Fsp3) is 0.300. The summed E-state index contributed by atoms with van der Waals surface area (Å²) in [5.41, 5.74) is 4.48. The number of anilines is 1. The lowest BCUT2D eigenvalue weighted by Crippen LogP contribution is -2.24. The monoisotopic (exact) mass is 335 g/mol. The average molecular weight is 335 g/mol. The Morgan fingerprint density at radius 2 is 1.80 bits per heavy atom. The topological polar surface area (TPSA) is 46.0 Å². The molecular formula is C20H25N5.